The Kier molecular flexibility index (Phi) is 5.91. The third kappa shape index (κ3) is 4.99. The molecular weight excluding hydrogens is 228 g/mol. The van der Waals surface area contributed by atoms with Gasteiger partial charge in [0.1, 0.15) is 0 Å². The molecule has 0 aliphatic rings. The zero-order valence-corrected chi connectivity index (χ0v) is 10.9. The van der Waals surface area contributed by atoms with Gasteiger partial charge in [0.2, 0.25) is 5.91 Å². The second-order valence-corrected chi connectivity index (χ2v) is 4.29. The second kappa shape index (κ2) is 7.48. The number of amides is 2. The van der Waals surface area contributed by atoms with E-state index in [0.717, 1.165) is 6.42 Å². The first-order chi connectivity index (χ1) is 8.63. The fourth-order valence-electron chi connectivity index (χ4n) is 1.56. The topological polar surface area (TPSA) is 58.2 Å². The highest BCUT2D eigenvalue weighted by molar-refractivity contribution is 5.94. The van der Waals surface area contributed by atoms with E-state index >= 15 is 0 Å². The van der Waals surface area contributed by atoms with Gasteiger partial charge < -0.3 is 10.6 Å². The van der Waals surface area contributed by atoms with Crippen molar-refractivity contribution in [1.29, 1.82) is 0 Å². The summed E-state index contributed by atoms with van der Waals surface area (Å²) in [5, 5.41) is 5.59. The lowest BCUT2D eigenvalue weighted by Crippen LogP contribution is -2.37. The van der Waals surface area contributed by atoms with Crippen molar-refractivity contribution in [2.45, 2.75) is 32.7 Å². The van der Waals surface area contributed by atoms with Gasteiger partial charge in [-0.2, -0.15) is 0 Å². The number of hydrogen-bond donors (Lipinski definition) is 2. The molecule has 0 aliphatic carbocycles. The summed E-state index contributed by atoms with van der Waals surface area (Å²) in [5.74, 6) is -0.177. The van der Waals surface area contributed by atoms with Crippen molar-refractivity contribution in [2.75, 3.05) is 6.54 Å². The van der Waals surface area contributed by atoms with E-state index in [-0.39, 0.29) is 17.9 Å². The maximum Gasteiger partial charge on any atom is 0.251 e. The molecule has 4 nitrogen and oxygen atoms in total. The lowest BCUT2D eigenvalue weighted by molar-refractivity contribution is -0.121. The van der Waals surface area contributed by atoms with E-state index in [9.17, 15) is 9.59 Å². The van der Waals surface area contributed by atoms with Crippen LogP contribution < -0.4 is 10.6 Å². The van der Waals surface area contributed by atoms with Crippen LogP contribution in [0.3, 0.4) is 0 Å². The standard InChI is InChI=1S/C14H20N2O2/c1-3-9-15-13(17)10-11(2)16-14(18)12-7-5-4-6-8-12/h4-8,11H,3,9-10H2,1-2H3,(H,15,17)(H,16,18)/t11-/m0/s1. The fraction of sp³-hybridized carbons (Fsp3) is 0.429. The van der Waals surface area contributed by atoms with E-state index in [1.807, 2.05) is 32.0 Å². The Morgan fingerprint density at radius 1 is 1.22 bits per heavy atom. The molecule has 0 aromatic heterocycles. The molecule has 0 bridgehead atoms. The highest BCUT2D eigenvalue weighted by atomic mass is 16.2. The molecule has 98 valence electrons. The molecule has 0 fully saturated rings. The van der Waals surface area contributed by atoms with Gasteiger partial charge in [-0.05, 0) is 25.5 Å². The molecule has 2 N–H and O–H groups in total. The van der Waals surface area contributed by atoms with E-state index in [1.54, 1.807) is 12.1 Å². The van der Waals surface area contributed by atoms with Crippen LogP contribution in [-0.4, -0.2) is 24.4 Å². The molecule has 1 rings (SSSR count). The molecule has 0 unspecified atom stereocenters. The summed E-state index contributed by atoms with van der Waals surface area (Å²) in [6.45, 7) is 4.51. The number of carbonyl (C=O) groups excluding carboxylic acids is 2. The van der Waals surface area contributed by atoms with Crippen LogP contribution in [0.1, 0.15) is 37.0 Å². The number of benzene rings is 1. The number of hydrogen-bond acceptors (Lipinski definition) is 2. The van der Waals surface area contributed by atoms with Crippen LogP contribution in [0.2, 0.25) is 0 Å². The first-order valence-electron chi connectivity index (χ1n) is 6.26. The van der Waals surface area contributed by atoms with Gasteiger partial charge in [0.25, 0.3) is 5.91 Å². The van der Waals surface area contributed by atoms with Gasteiger partial charge in [-0.3, -0.25) is 9.59 Å². The summed E-state index contributed by atoms with van der Waals surface area (Å²) >= 11 is 0. The molecule has 1 atom stereocenters. The smallest absolute Gasteiger partial charge is 0.251 e. The minimum absolute atomic E-state index is 0.0299. The van der Waals surface area contributed by atoms with Gasteiger partial charge in [0.05, 0.1) is 0 Å². The van der Waals surface area contributed by atoms with Gasteiger partial charge in [-0.1, -0.05) is 25.1 Å². The monoisotopic (exact) mass is 248 g/mol. The Labute approximate surface area is 108 Å². The third-order valence-corrected chi connectivity index (χ3v) is 2.48. The van der Waals surface area contributed by atoms with Crippen LogP contribution in [-0.2, 0) is 4.79 Å². The van der Waals surface area contributed by atoms with Crippen molar-refractivity contribution in [1.82, 2.24) is 10.6 Å². The first kappa shape index (κ1) is 14.2. The summed E-state index contributed by atoms with van der Waals surface area (Å²) in [6, 6.07) is 8.81. The Hall–Kier alpha value is -1.84. The average Bonchev–Trinajstić information content (AvgIpc) is 2.37. The van der Waals surface area contributed by atoms with Crippen LogP contribution in [0.4, 0.5) is 0 Å². The molecule has 0 saturated heterocycles. The van der Waals surface area contributed by atoms with E-state index in [2.05, 4.69) is 10.6 Å². The molecule has 18 heavy (non-hydrogen) atoms. The largest absolute Gasteiger partial charge is 0.356 e. The molecule has 0 saturated carbocycles. The van der Waals surface area contributed by atoms with Gasteiger partial charge in [-0.15, -0.1) is 0 Å². The molecule has 1 aromatic carbocycles. The van der Waals surface area contributed by atoms with Crippen molar-refractivity contribution in [3.63, 3.8) is 0 Å². The Morgan fingerprint density at radius 2 is 1.89 bits per heavy atom. The van der Waals surface area contributed by atoms with Crippen molar-refractivity contribution < 1.29 is 9.59 Å². The lowest BCUT2D eigenvalue weighted by atomic mass is 10.1. The average molecular weight is 248 g/mol. The van der Waals surface area contributed by atoms with E-state index < -0.39 is 0 Å². The number of rotatable bonds is 6. The molecule has 1 aromatic rings. The maximum absolute atomic E-state index is 11.8. The predicted molar refractivity (Wildman–Crippen MR) is 71.3 cm³/mol. The normalized spacial score (nSPS) is 11.7. The van der Waals surface area contributed by atoms with Crippen LogP contribution >= 0.6 is 0 Å². The molecule has 0 aliphatic heterocycles. The molecule has 2 amide bonds. The molecule has 4 heteroatoms. The summed E-state index contributed by atoms with van der Waals surface area (Å²) in [4.78, 5) is 23.3. The van der Waals surface area contributed by atoms with Crippen LogP contribution in [0.25, 0.3) is 0 Å². The summed E-state index contributed by atoms with van der Waals surface area (Å²) < 4.78 is 0. The quantitative estimate of drug-likeness (QED) is 0.805. The van der Waals surface area contributed by atoms with Gasteiger partial charge in [0, 0.05) is 24.6 Å². The lowest BCUT2D eigenvalue weighted by Gasteiger charge is -2.13. The maximum atomic E-state index is 11.8. The number of nitrogens with one attached hydrogen (secondary N) is 2. The Bertz CT molecular complexity index is 390. The van der Waals surface area contributed by atoms with Crippen molar-refractivity contribution in [2.24, 2.45) is 0 Å². The zero-order chi connectivity index (χ0) is 13.4. The van der Waals surface area contributed by atoms with Crippen molar-refractivity contribution in [3.8, 4) is 0 Å². The number of carbonyl (C=O) groups is 2. The van der Waals surface area contributed by atoms with Gasteiger partial charge >= 0.3 is 0 Å². The van der Waals surface area contributed by atoms with Gasteiger partial charge in [0.15, 0.2) is 0 Å². The highest BCUT2D eigenvalue weighted by Gasteiger charge is 2.12. The van der Waals surface area contributed by atoms with Crippen LogP contribution in [0.5, 0.6) is 0 Å². The molecule has 0 heterocycles. The van der Waals surface area contributed by atoms with Crippen molar-refractivity contribution in [3.05, 3.63) is 35.9 Å². The summed E-state index contributed by atoms with van der Waals surface area (Å²) in [5.41, 5.74) is 0.610. The predicted octanol–water partition coefficient (Wildman–Crippen LogP) is 1.72. The first-order valence-corrected chi connectivity index (χ1v) is 6.26. The minimum Gasteiger partial charge on any atom is -0.356 e. The Morgan fingerprint density at radius 3 is 2.50 bits per heavy atom. The molecule has 0 radical (unpaired) electrons. The Balaban J connectivity index is 2.38. The summed E-state index contributed by atoms with van der Waals surface area (Å²) in [7, 11) is 0. The second-order valence-electron chi connectivity index (χ2n) is 4.29. The summed E-state index contributed by atoms with van der Waals surface area (Å²) in [6.07, 6.45) is 1.22. The third-order valence-electron chi connectivity index (χ3n) is 2.48. The zero-order valence-electron chi connectivity index (χ0n) is 10.9. The van der Waals surface area contributed by atoms with Gasteiger partial charge in [-0.25, -0.2) is 0 Å². The van der Waals surface area contributed by atoms with Crippen LogP contribution in [0, 0.1) is 0 Å². The van der Waals surface area contributed by atoms with Crippen LogP contribution in [0.15, 0.2) is 30.3 Å². The fourth-order valence-corrected chi connectivity index (χ4v) is 1.56. The van der Waals surface area contributed by atoms with E-state index in [0.29, 0.717) is 18.5 Å². The minimum atomic E-state index is -0.172. The van der Waals surface area contributed by atoms with E-state index in [1.165, 1.54) is 0 Å². The SMILES string of the molecule is CCCNC(=O)C[C@H](C)NC(=O)c1ccccc1. The van der Waals surface area contributed by atoms with Crippen molar-refractivity contribution >= 4 is 11.8 Å². The van der Waals surface area contributed by atoms with E-state index in [4.69, 9.17) is 0 Å². The molecular formula is C14H20N2O2. The molecule has 0 spiro atoms. The highest BCUT2D eigenvalue weighted by Crippen LogP contribution is 2.00.